The molecule has 186 valence electrons. The summed E-state index contributed by atoms with van der Waals surface area (Å²) in [6.07, 6.45) is -4.72. The average molecular weight is 483 g/mol. The number of rotatable bonds is 11. The first kappa shape index (κ1) is 26.8. The summed E-state index contributed by atoms with van der Waals surface area (Å²) < 4.78 is 46.3. The smallest absolute Gasteiger partial charge is 0.496 e. The highest BCUT2D eigenvalue weighted by Gasteiger charge is 2.31. The third-order valence-electron chi connectivity index (χ3n) is 4.87. The molecule has 3 N–H and O–H groups in total. The minimum absolute atomic E-state index is 0.111. The second kappa shape index (κ2) is 12.7. The summed E-state index contributed by atoms with van der Waals surface area (Å²) in [4.78, 5) is 26.7. The number of likely N-dealkylation sites (N-methyl/N-ethyl adjacent to an activating group) is 1. The van der Waals surface area contributed by atoms with Gasteiger partial charge in [-0.05, 0) is 31.3 Å². The van der Waals surface area contributed by atoms with Crippen molar-refractivity contribution in [1.29, 1.82) is 0 Å². The fraction of sp³-hybridized carbons (Fsp3) is 0.391. The quantitative estimate of drug-likeness (QED) is 0.446. The van der Waals surface area contributed by atoms with Gasteiger partial charge in [0.05, 0.1) is 13.5 Å². The van der Waals surface area contributed by atoms with Gasteiger partial charge in [-0.2, -0.15) is 0 Å². The molecule has 0 fully saturated rings. The number of hydrogen-bond acceptors (Lipinski definition) is 5. The molecule has 0 saturated carbocycles. The van der Waals surface area contributed by atoms with Gasteiger partial charge in [-0.15, -0.1) is 13.2 Å². The molecular weight excluding hydrogens is 453 g/mol. The van der Waals surface area contributed by atoms with E-state index in [9.17, 15) is 22.8 Å². The Labute approximate surface area is 196 Å². The molecule has 8 nitrogen and oxygen atoms in total. The van der Waals surface area contributed by atoms with E-state index in [0.717, 1.165) is 31.8 Å². The number of benzene rings is 2. The summed E-state index contributed by atoms with van der Waals surface area (Å²) in [6, 6.07) is 9.07. The van der Waals surface area contributed by atoms with Crippen molar-refractivity contribution < 1.29 is 32.2 Å². The van der Waals surface area contributed by atoms with E-state index in [0.29, 0.717) is 23.5 Å². The lowest BCUT2D eigenvalue weighted by molar-refractivity contribution is -0.274. The van der Waals surface area contributed by atoms with Crippen LogP contribution in [0.5, 0.6) is 11.5 Å². The van der Waals surface area contributed by atoms with Crippen LogP contribution >= 0.6 is 0 Å². The van der Waals surface area contributed by atoms with Crippen LogP contribution in [0.2, 0.25) is 0 Å². The van der Waals surface area contributed by atoms with E-state index in [-0.39, 0.29) is 18.0 Å². The maximum Gasteiger partial charge on any atom is 0.573 e. The van der Waals surface area contributed by atoms with Gasteiger partial charge in [-0.25, -0.2) is 4.79 Å². The zero-order chi connectivity index (χ0) is 25.1. The molecule has 0 saturated heterocycles. The molecule has 0 aliphatic heterocycles. The van der Waals surface area contributed by atoms with E-state index < -0.39 is 18.1 Å². The van der Waals surface area contributed by atoms with Crippen molar-refractivity contribution in [3.05, 3.63) is 48.0 Å². The van der Waals surface area contributed by atoms with Gasteiger partial charge in [0.25, 0.3) is 0 Å². The van der Waals surface area contributed by atoms with Gasteiger partial charge in [0, 0.05) is 42.2 Å². The zero-order valence-electron chi connectivity index (χ0n) is 19.3. The lowest BCUT2D eigenvalue weighted by atomic mass is 10.1. The number of carbonyl (C=O) groups is 2. The van der Waals surface area contributed by atoms with E-state index in [1.54, 1.807) is 18.2 Å². The Balaban J connectivity index is 1.94. The molecule has 2 aromatic carbocycles. The Morgan fingerprint density at radius 3 is 2.29 bits per heavy atom. The molecular formula is C23H29F3N4O4. The van der Waals surface area contributed by atoms with Gasteiger partial charge < -0.3 is 30.3 Å². The third kappa shape index (κ3) is 9.18. The Kier molecular flexibility index (Phi) is 9.99. The van der Waals surface area contributed by atoms with Gasteiger partial charge in [0.1, 0.15) is 11.5 Å². The Hall–Kier alpha value is -3.47. The van der Waals surface area contributed by atoms with Crippen molar-refractivity contribution in [2.45, 2.75) is 26.6 Å². The molecule has 0 spiro atoms. The van der Waals surface area contributed by atoms with Crippen molar-refractivity contribution in [3.8, 4) is 11.5 Å². The maximum absolute atomic E-state index is 12.4. The van der Waals surface area contributed by atoms with Gasteiger partial charge in [-0.3, -0.25) is 4.79 Å². The molecule has 0 atom stereocenters. The molecule has 0 aliphatic carbocycles. The number of hydrogen-bond donors (Lipinski definition) is 3. The number of alkyl halides is 3. The summed E-state index contributed by atoms with van der Waals surface area (Å²) in [5.74, 6) is -0.186. The Morgan fingerprint density at radius 2 is 1.68 bits per heavy atom. The molecule has 2 rings (SSSR count). The number of nitrogens with one attached hydrogen (secondary N) is 3. The van der Waals surface area contributed by atoms with Gasteiger partial charge in [0.2, 0.25) is 5.91 Å². The lowest BCUT2D eigenvalue weighted by Crippen LogP contribution is -2.35. The number of ether oxygens (including phenoxy) is 2. The number of anilines is 2. The SMILES string of the molecule is CCN(CC)CCNC(=O)Cc1ccc(NC(=O)Nc2cccc(OC(F)(F)F)c2)cc1OC. The van der Waals surface area contributed by atoms with Crippen LogP contribution in [0.25, 0.3) is 0 Å². The first-order valence-electron chi connectivity index (χ1n) is 10.7. The minimum Gasteiger partial charge on any atom is -0.496 e. The minimum atomic E-state index is -4.83. The lowest BCUT2D eigenvalue weighted by Gasteiger charge is -2.18. The van der Waals surface area contributed by atoms with Crippen LogP contribution < -0.4 is 25.4 Å². The largest absolute Gasteiger partial charge is 0.573 e. The molecule has 0 heterocycles. The van der Waals surface area contributed by atoms with Crippen molar-refractivity contribution in [2.24, 2.45) is 0 Å². The maximum atomic E-state index is 12.4. The predicted octanol–water partition coefficient (Wildman–Crippen LogP) is 4.24. The highest BCUT2D eigenvalue weighted by atomic mass is 19.4. The van der Waals surface area contributed by atoms with E-state index in [1.165, 1.54) is 19.2 Å². The van der Waals surface area contributed by atoms with Crippen molar-refractivity contribution in [3.63, 3.8) is 0 Å². The van der Waals surface area contributed by atoms with Crippen LogP contribution in [0.15, 0.2) is 42.5 Å². The van der Waals surface area contributed by atoms with Crippen molar-refractivity contribution in [2.75, 3.05) is 43.9 Å². The van der Waals surface area contributed by atoms with E-state index in [2.05, 4.69) is 39.4 Å². The van der Waals surface area contributed by atoms with Crippen molar-refractivity contribution in [1.82, 2.24) is 10.2 Å². The highest BCUT2D eigenvalue weighted by Crippen LogP contribution is 2.26. The van der Waals surface area contributed by atoms with Crippen LogP contribution in [0.3, 0.4) is 0 Å². The zero-order valence-corrected chi connectivity index (χ0v) is 19.3. The number of amides is 3. The molecule has 3 amide bonds. The molecule has 34 heavy (non-hydrogen) atoms. The van der Waals surface area contributed by atoms with Gasteiger partial charge in [-0.1, -0.05) is 26.0 Å². The van der Waals surface area contributed by atoms with Gasteiger partial charge in [0.15, 0.2) is 0 Å². The predicted molar refractivity (Wildman–Crippen MR) is 123 cm³/mol. The number of urea groups is 1. The number of halogens is 3. The first-order chi connectivity index (χ1) is 16.1. The van der Waals surface area contributed by atoms with Crippen LogP contribution in [0.4, 0.5) is 29.3 Å². The molecule has 2 aromatic rings. The Bertz CT molecular complexity index is 965. The van der Waals surface area contributed by atoms with Crippen LogP contribution in [-0.4, -0.2) is 56.5 Å². The third-order valence-corrected chi connectivity index (χ3v) is 4.87. The average Bonchev–Trinajstić information content (AvgIpc) is 2.76. The number of methoxy groups -OCH3 is 1. The molecule has 11 heteroatoms. The number of carbonyl (C=O) groups excluding carboxylic acids is 2. The molecule has 0 bridgehead atoms. The molecule has 0 unspecified atom stereocenters. The van der Waals surface area contributed by atoms with E-state index >= 15 is 0 Å². The van der Waals surface area contributed by atoms with E-state index in [4.69, 9.17) is 4.74 Å². The summed E-state index contributed by atoms with van der Waals surface area (Å²) in [5, 5.41) is 7.89. The van der Waals surface area contributed by atoms with E-state index in [1.807, 2.05) is 0 Å². The fourth-order valence-electron chi connectivity index (χ4n) is 3.16. The highest BCUT2D eigenvalue weighted by molar-refractivity contribution is 6.00. The summed E-state index contributed by atoms with van der Waals surface area (Å²) >= 11 is 0. The van der Waals surface area contributed by atoms with Gasteiger partial charge >= 0.3 is 12.4 Å². The summed E-state index contributed by atoms with van der Waals surface area (Å²) in [6.45, 7) is 7.25. The van der Waals surface area contributed by atoms with Crippen molar-refractivity contribution >= 4 is 23.3 Å². The second-order valence-corrected chi connectivity index (χ2v) is 7.23. The van der Waals surface area contributed by atoms with Crippen LogP contribution in [-0.2, 0) is 11.2 Å². The van der Waals surface area contributed by atoms with Crippen LogP contribution in [0, 0.1) is 0 Å². The fourth-order valence-corrected chi connectivity index (χ4v) is 3.16. The monoisotopic (exact) mass is 482 g/mol. The first-order valence-corrected chi connectivity index (χ1v) is 10.7. The second-order valence-electron chi connectivity index (χ2n) is 7.23. The summed E-state index contributed by atoms with van der Waals surface area (Å²) in [7, 11) is 1.45. The summed E-state index contributed by atoms with van der Waals surface area (Å²) in [5.41, 5.74) is 1.14. The Morgan fingerprint density at radius 1 is 1.00 bits per heavy atom. The molecule has 0 aliphatic rings. The number of nitrogens with zero attached hydrogens (tertiary/aromatic N) is 1. The molecule has 0 radical (unpaired) electrons. The molecule has 0 aromatic heterocycles. The topological polar surface area (TPSA) is 91.9 Å². The standard InChI is InChI=1S/C23H29F3N4O4/c1-4-30(5-2)12-11-27-21(31)13-16-9-10-18(15-20(16)33-3)29-22(32)28-17-7-6-8-19(14-17)34-23(24,25)26/h6-10,14-15H,4-5,11-13H2,1-3H3,(H,27,31)(H2,28,29,32). The van der Waals surface area contributed by atoms with Crippen LogP contribution in [0.1, 0.15) is 19.4 Å². The normalized spacial score (nSPS) is 11.1.